The van der Waals surface area contributed by atoms with Crippen LogP contribution in [0.25, 0.3) is 10.8 Å². The number of amides is 3. The van der Waals surface area contributed by atoms with Gasteiger partial charge in [0, 0.05) is 12.2 Å². The minimum absolute atomic E-state index is 0.224. The highest BCUT2D eigenvalue weighted by Crippen LogP contribution is 2.25. The summed E-state index contributed by atoms with van der Waals surface area (Å²) in [5, 5.41) is 5.95. The second-order valence-electron chi connectivity index (χ2n) is 4.88. The summed E-state index contributed by atoms with van der Waals surface area (Å²) in [5.41, 5.74) is 6.50. The van der Waals surface area contributed by atoms with Crippen LogP contribution < -0.4 is 16.4 Å². The average molecular weight is 342 g/mol. The lowest BCUT2D eigenvalue weighted by Gasteiger charge is -2.06. The van der Waals surface area contributed by atoms with Crippen LogP contribution in [-0.4, -0.2) is 16.9 Å². The van der Waals surface area contributed by atoms with Crippen molar-refractivity contribution in [3.05, 3.63) is 59.3 Å². The molecule has 0 aliphatic heterocycles. The van der Waals surface area contributed by atoms with Crippen molar-refractivity contribution in [1.82, 2.24) is 10.3 Å². The van der Waals surface area contributed by atoms with Gasteiger partial charge in [0.2, 0.25) is 0 Å². The minimum atomic E-state index is -0.633. The number of anilines is 1. The fourth-order valence-electron chi connectivity index (χ4n) is 2.06. The van der Waals surface area contributed by atoms with E-state index in [9.17, 15) is 9.59 Å². The van der Waals surface area contributed by atoms with Crippen LogP contribution in [0.1, 0.15) is 15.2 Å². The number of nitrogens with zero attached hydrogens (tertiary/aromatic N) is 1. The summed E-state index contributed by atoms with van der Waals surface area (Å²) in [4.78, 5) is 27.7. The Labute approximate surface area is 141 Å². The summed E-state index contributed by atoms with van der Waals surface area (Å²) < 4.78 is 5.26. The second kappa shape index (κ2) is 6.97. The number of urea groups is 1. The number of hydrogen-bond acceptors (Lipinski definition) is 5. The molecule has 0 saturated heterocycles. The van der Waals surface area contributed by atoms with Gasteiger partial charge in [-0.05, 0) is 29.8 Å². The van der Waals surface area contributed by atoms with E-state index in [1.165, 1.54) is 17.5 Å². The van der Waals surface area contributed by atoms with Gasteiger partial charge in [-0.2, -0.15) is 0 Å². The zero-order valence-electron chi connectivity index (χ0n) is 12.5. The number of carbonyl (C=O) groups excluding carboxylic acids is 2. The molecule has 0 unspecified atom stereocenters. The summed E-state index contributed by atoms with van der Waals surface area (Å²) in [6.45, 7) is 0.321. The van der Waals surface area contributed by atoms with E-state index in [2.05, 4.69) is 15.6 Å². The van der Waals surface area contributed by atoms with E-state index < -0.39 is 6.03 Å². The first kappa shape index (κ1) is 15.8. The molecule has 24 heavy (non-hydrogen) atoms. The highest BCUT2D eigenvalue weighted by Gasteiger charge is 2.13. The third kappa shape index (κ3) is 3.79. The second-order valence-corrected chi connectivity index (χ2v) is 5.91. The van der Waals surface area contributed by atoms with Crippen LogP contribution in [0.4, 0.5) is 10.5 Å². The third-order valence-electron chi connectivity index (χ3n) is 3.11. The Morgan fingerprint density at radius 1 is 1.25 bits per heavy atom. The summed E-state index contributed by atoms with van der Waals surface area (Å²) in [7, 11) is 0. The number of nitrogens with two attached hydrogens (primary N) is 1. The molecule has 2 aromatic heterocycles. The van der Waals surface area contributed by atoms with Gasteiger partial charge in [-0.15, -0.1) is 11.3 Å². The van der Waals surface area contributed by atoms with Crippen LogP contribution >= 0.6 is 11.3 Å². The lowest BCUT2D eigenvalue weighted by atomic mass is 10.2. The number of hydrogen-bond donors (Lipinski definition) is 3. The molecule has 0 aliphatic rings. The van der Waals surface area contributed by atoms with Gasteiger partial charge in [-0.3, -0.25) is 4.79 Å². The first-order chi connectivity index (χ1) is 11.6. The summed E-state index contributed by atoms with van der Waals surface area (Å²) in [5.74, 6) is 0.405. The predicted molar refractivity (Wildman–Crippen MR) is 90.6 cm³/mol. The molecular formula is C16H14N4O3S. The SMILES string of the molecule is NC(=O)Nc1cccc(CNC(=O)c2cnc(-c3ccco3)s2)c1. The monoisotopic (exact) mass is 342 g/mol. The molecule has 7 nitrogen and oxygen atoms in total. The number of furan rings is 1. The molecule has 0 fully saturated rings. The van der Waals surface area contributed by atoms with Crippen LogP contribution in [0.15, 0.2) is 53.3 Å². The molecule has 3 amide bonds. The molecule has 8 heteroatoms. The lowest BCUT2D eigenvalue weighted by Crippen LogP contribution is -2.22. The maximum Gasteiger partial charge on any atom is 0.316 e. The highest BCUT2D eigenvalue weighted by atomic mass is 32.1. The van der Waals surface area contributed by atoms with Gasteiger partial charge < -0.3 is 20.8 Å². The molecule has 0 spiro atoms. The molecule has 2 heterocycles. The van der Waals surface area contributed by atoms with Crippen molar-refractivity contribution in [2.45, 2.75) is 6.54 Å². The molecule has 0 radical (unpaired) electrons. The number of benzene rings is 1. The molecule has 4 N–H and O–H groups in total. The summed E-state index contributed by atoms with van der Waals surface area (Å²) in [6, 6.07) is 10.00. The Morgan fingerprint density at radius 2 is 2.12 bits per heavy atom. The van der Waals surface area contributed by atoms with Gasteiger partial charge in [-0.25, -0.2) is 9.78 Å². The molecule has 3 rings (SSSR count). The van der Waals surface area contributed by atoms with Gasteiger partial charge in [0.15, 0.2) is 10.8 Å². The summed E-state index contributed by atoms with van der Waals surface area (Å²) >= 11 is 1.25. The topological polar surface area (TPSA) is 110 Å². The zero-order valence-corrected chi connectivity index (χ0v) is 13.3. The quantitative estimate of drug-likeness (QED) is 0.662. The molecular weight excluding hydrogens is 328 g/mol. The third-order valence-corrected chi connectivity index (χ3v) is 4.12. The van der Waals surface area contributed by atoms with Gasteiger partial charge >= 0.3 is 6.03 Å². The van der Waals surface area contributed by atoms with E-state index in [4.69, 9.17) is 10.2 Å². The molecule has 122 valence electrons. The Hall–Kier alpha value is -3.13. The first-order valence-corrected chi connectivity index (χ1v) is 7.87. The van der Waals surface area contributed by atoms with Gasteiger partial charge in [0.1, 0.15) is 4.88 Å². The number of carbonyl (C=O) groups is 2. The van der Waals surface area contributed by atoms with Gasteiger partial charge in [0.05, 0.1) is 12.5 Å². The van der Waals surface area contributed by atoms with Crippen molar-refractivity contribution in [1.29, 1.82) is 0 Å². The van der Waals surface area contributed by atoms with Crippen molar-refractivity contribution < 1.29 is 14.0 Å². The standard InChI is InChI=1S/C16H14N4O3S/c17-16(22)20-11-4-1-3-10(7-11)8-18-14(21)13-9-19-15(24-13)12-5-2-6-23-12/h1-7,9H,8H2,(H,18,21)(H3,17,20,22). The van der Waals surface area contributed by atoms with Crippen molar-refractivity contribution in [3.8, 4) is 10.8 Å². The molecule has 0 bridgehead atoms. The minimum Gasteiger partial charge on any atom is -0.462 e. The molecule has 1 aromatic carbocycles. The van der Waals surface area contributed by atoms with Gasteiger partial charge in [-0.1, -0.05) is 12.1 Å². The first-order valence-electron chi connectivity index (χ1n) is 7.05. The summed E-state index contributed by atoms with van der Waals surface area (Å²) in [6.07, 6.45) is 3.08. The number of thiazole rings is 1. The Kier molecular flexibility index (Phi) is 4.57. The lowest BCUT2D eigenvalue weighted by molar-refractivity contribution is 0.0954. The predicted octanol–water partition coefficient (Wildman–Crippen LogP) is 2.82. The van der Waals surface area contributed by atoms with Crippen molar-refractivity contribution in [3.63, 3.8) is 0 Å². The largest absolute Gasteiger partial charge is 0.462 e. The van der Waals surface area contributed by atoms with Crippen molar-refractivity contribution in [2.75, 3.05) is 5.32 Å². The fraction of sp³-hybridized carbons (Fsp3) is 0.0625. The molecule has 0 atom stereocenters. The van der Waals surface area contributed by atoms with Gasteiger partial charge in [0.25, 0.3) is 5.91 Å². The van der Waals surface area contributed by atoms with Crippen LogP contribution in [0.2, 0.25) is 0 Å². The maximum absolute atomic E-state index is 12.2. The Bertz CT molecular complexity index is 858. The van der Waals surface area contributed by atoms with E-state index in [-0.39, 0.29) is 5.91 Å². The molecule has 0 aliphatic carbocycles. The Morgan fingerprint density at radius 3 is 2.88 bits per heavy atom. The van der Waals surface area contributed by atoms with E-state index >= 15 is 0 Å². The zero-order chi connectivity index (χ0) is 16.9. The van der Waals surface area contributed by atoms with Crippen LogP contribution in [0.5, 0.6) is 0 Å². The number of rotatable bonds is 5. The number of primary amides is 1. The number of nitrogens with one attached hydrogen (secondary N) is 2. The highest BCUT2D eigenvalue weighted by molar-refractivity contribution is 7.16. The smallest absolute Gasteiger partial charge is 0.316 e. The van der Waals surface area contributed by atoms with Crippen LogP contribution in [-0.2, 0) is 6.54 Å². The average Bonchev–Trinajstić information content (AvgIpc) is 3.23. The van der Waals surface area contributed by atoms with Crippen LogP contribution in [0.3, 0.4) is 0 Å². The Balaban J connectivity index is 1.62. The van der Waals surface area contributed by atoms with Crippen LogP contribution in [0, 0.1) is 0 Å². The van der Waals surface area contributed by atoms with E-state index in [0.717, 1.165) is 5.56 Å². The van der Waals surface area contributed by atoms with Crippen molar-refractivity contribution >= 4 is 29.0 Å². The normalized spacial score (nSPS) is 10.3. The van der Waals surface area contributed by atoms with E-state index in [0.29, 0.717) is 27.9 Å². The molecule has 3 aromatic rings. The fourth-order valence-corrected chi connectivity index (χ4v) is 2.86. The maximum atomic E-state index is 12.2. The van der Waals surface area contributed by atoms with Crippen molar-refractivity contribution in [2.24, 2.45) is 5.73 Å². The van der Waals surface area contributed by atoms with E-state index in [1.54, 1.807) is 36.6 Å². The number of aromatic nitrogens is 1. The van der Waals surface area contributed by atoms with E-state index in [1.807, 2.05) is 6.07 Å². The molecule has 0 saturated carbocycles.